The van der Waals surface area contributed by atoms with Gasteiger partial charge in [-0.05, 0) is 25.1 Å². The summed E-state index contributed by atoms with van der Waals surface area (Å²) >= 11 is 11.7. The van der Waals surface area contributed by atoms with Crippen molar-refractivity contribution in [3.05, 3.63) is 43.4 Å². The van der Waals surface area contributed by atoms with E-state index in [1.807, 2.05) is 0 Å². The van der Waals surface area contributed by atoms with Crippen LogP contribution in [0.25, 0.3) is 6.08 Å². The van der Waals surface area contributed by atoms with Crippen molar-refractivity contribution in [1.82, 2.24) is 0 Å². The molecule has 1 aromatic rings. The fourth-order valence-electron chi connectivity index (χ4n) is 2.42. The molecule has 15 heteroatoms. The van der Waals surface area contributed by atoms with Gasteiger partial charge in [0.1, 0.15) is 18.5 Å². The highest BCUT2D eigenvalue weighted by molar-refractivity contribution is 6.36. The van der Waals surface area contributed by atoms with E-state index in [1.165, 1.54) is 19.1 Å². The van der Waals surface area contributed by atoms with Crippen molar-refractivity contribution in [1.29, 1.82) is 0 Å². The standard InChI is InChI=1S/C17H14Cl2F3NO9/c1-7(6-28-23(26)27)29-16(25)31-8(2)30-15(24)11-4-9-3-10(18)5-12(19)13(9)32-14(11)17(20,21)22/h3-5,7-8,14H,6H2,1-2H3. The molecule has 0 amide bonds. The Morgan fingerprint density at radius 2 is 1.88 bits per heavy atom. The first-order valence-corrected chi connectivity index (χ1v) is 9.33. The van der Waals surface area contributed by atoms with Gasteiger partial charge in [0, 0.05) is 17.5 Å². The molecule has 0 aromatic heterocycles. The number of esters is 1. The van der Waals surface area contributed by atoms with Crippen LogP contribution in [-0.4, -0.2) is 48.5 Å². The highest BCUT2D eigenvalue weighted by Crippen LogP contribution is 2.42. The van der Waals surface area contributed by atoms with Gasteiger partial charge in [-0.15, -0.1) is 10.1 Å². The maximum absolute atomic E-state index is 13.5. The summed E-state index contributed by atoms with van der Waals surface area (Å²) in [4.78, 5) is 38.1. The monoisotopic (exact) mass is 503 g/mol. The molecule has 0 N–H and O–H groups in total. The number of benzene rings is 1. The summed E-state index contributed by atoms with van der Waals surface area (Å²) in [6.45, 7) is 1.68. The van der Waals surface area contributed by atoms with Crippen LogP contribution < -0.4 is 4.74 Å². The summed E-state index contributed by atoms with van der Waals surface area (Å²) < 4.78 is 59.2. The molecule has 0 saturated carbocycles. The van der Waals surface area contributed by atoms with E-state index < -0.39 is 54.1 Å². The van der Waals surface area contributed by atoms with Crippen LogP contribution in [0.1, 0.15) is 19.4 Å². The average molecular weight is 504 g/mol. The first-order valence-electron chi connectivity index (χ1n) is 8.57. The van der Waals surface area contributed by atoms with Gasteiger partial charge in [0.05, 0.1) is 10.6 Å². The number of carbonyl (C=O) groups excluding carboxylic acids is 2. The van der Waals surface area contributed by atoms with Crippen LogP contribution in [0.2, 0.25) is 10.0 Å². The number of fused-ring (bicyclic) bond motifs is 1. The van der Waals surface area contributed by atoms with Crippen molar-refractivity contribution < 1.29 is 51.6 Å². The van der Waals surface area contributed by atoms with Crippen LogP contribution in [-0.2, 0) is 23.8 Å². The SMILES string of the molecule is CC(CO[N+](=O)[O-])OC(=O)OC(C)OC(=O)C1=Cc2cc(Cl)cc(Cl)c2OC1C(F)(F)F. The van der Waals surface area contributed by atoms with Crippen LogP contribution in [0.5, 0.6) is 5.75 Å². The van der Waals surface area contributed by atoms with Gasteiger partial charge in [-0.3, -0.25) is 0 Å². The molecule has 176 valence electrons. The Hall–Kier alpha value is -2.93. The molecule has 0 radical (unpaired) electrons. The van der Waals surface area contributed by atoms with Gasteiger partial charge in [0.2, 0.25) is 12.4 Å². The summed E-state index contributed by atoms with van der Waals surface area (Å²) in [5.74, 6) is -1.83. The topological polar surface area (TPSA) is 123 Å². The number of rotatable bonds is 7. The van der Waals surface area contributed by atoms with Gasteiger partial charge < -0.3 is 23.8 Å². The lowest BCUT2D eigenvalue weighted by molar-refractivity contribution is -0.759. The third-order valence-corrected chi connectivity index (χ3v) is 4.15. The lowest BCUT2D eigenvalue weighted by Gasteiger charge is -2.29. The Morgan fingerprint density at radius 1 is 1.22 bits per heavy atom. The third kappa shape index (κ3) is 6.79. The number of alkyl halides is 3. The van der Waals surface area contributed by atoms with E-state index in [1.54, 1.807) is 0 Å². The molecule has 1 aromatic carbocycles. The Bertz CT molecular complexity index is 939. The maximum Gasteiger partial charge on any atom is 0.511 e. The molecule has 0 spiro atoms. The van der Waals surface area contributed by atoms with E-state index in [9.17, 15) is 32.9 Å². The minimum atomic E-state index is -5.01. The Labute approximate surface area is 187 Å². The molecule has 0 saturated heterocycles. The molecule has 0 fully saturated rings. The van der Waals surface area contributed by atoms with Gasteiger partial charge in [0.15, 0.2) is 0 Å². The molecule has 1 aliphatic heterocycles. The second-order valence-corrected chi connectivity index (χ2v) is 7.08. The molecule has 2 rings (SSSR count). The van der Waals surface area contributed by atoms with Crippen molar-refractivity contribution in [2.45, 2.75) is 38.5 Å². The molecule has 0 aliphatic carbocycles. The summed E-state index contributed by atoms with van der Waals surface area (Å²) in [6, 6.07) is 2.40. The zero-order chi connectivity index (χ0) is 24.2. The highest BCUT2D eigenvalue weighted by atomic mass is 35.5. The van der Waals surface area contributed by atoms with E-state index in [2.05, 4.69) is 14.3 Å². The third-order valence-electron chi connectivity index (χ3n) is 3.65. The first-order chi connectivity index (χ1) is 14.8. The number of carbonyl (C=O) groups is 2. The molecule has 3 atom stereocenters. The van der Waals surface area contributed by atoms with Crippen LogP contribution >= 0.6 is 23.2 Å². The van der Waals surface area contributed by atoms with E-state index in [-0.39, 0.29) is 21.4 Å². The Morgan fingerprint density at radius 3 is 2.47 bits per heavy atom. The highest BCUT2D eigenvalue weighted by Gasteiger charge is 2.49. The van der Waals surface area contributed by atoms with E-state index in [4.69, 9.17) is 32.7 Å². The van der Waals surface area contributed by atoms with Crippen LogP contribution in [0, 0.1) is 10.1 Å². The molecule has 0 bridgehead atoms. The average Bonchev–Trinajstić information content (AvgIpc) is 2.64. The van der Waals surface area contributed by atoms with Gasteiger partial charge in [-0.2, -0.15) is 13.2 Å². The van der Waals surface area contributed by atoms with Gasteiger partial charge in [-0.25, -0.2) is 9.59 Å². The van der Waals surface area contributed by atoms with Gasteiger partial charge in [0.25, 0.3) is 5.09 Å². The van der Waals surface area contributed by atoms with Crippen molar-refractivity contribution in [3.8, 4) is 5.75 Å². The smallest absolute Gasteiger partial charge is 0.474 e. The van der Waals surface area contributed by atoms with E-state index >= 15 is 0 Å². The minimum Gasteiger partial charge on any atom is -0.474 e. The maximum atomic E-state index is 13.5. The normalized spacial score (nSPS) is 17.1. The number of hydrogen-bond acceptors (Lipinski definition) is 9. The molecular weight excluding hydrogens is 490 g/mol. The molecule has 1 aliphatic rings. The summed E-state index contributed by atoms with van der Waals surface area (Å²) in [6.07, 6.45) is -11.1. The molecule has 10 nitrogen and oxygen atoms in total. The fraction of sp³-hybridized carbons (Fsp3) is 0.412. The predicted molar refractivity (Wildman–Crippen MR) is 100 cm³/mol. The quantitative estimate of drug-likeness (QED) is 0.231. The second kappa shape index (κ2) is 10.1. The van der Waals surface area contributed by atoms with Crippen molar-refractivity contribution in [2.24, 2.45) is 0 Å². The van der Waals surface area contributed by atoms with Gasteiger partial charge in [-0.1, -0.05) is 23.2 Å². The lowest BCUT2D eigenvalue weighted by Crippen LogP contribution is -2.41. The number of hydrogen-bond donors (Lipinski definition) is 0. The summed E-state index contributed by atoms with van der Waals surface area (Å²) in [5.41, 5.74) is -0.942. The summed E-state index contributed by atoms with van der Waals surface area (Å²) in [5, 5.41) is 8.88. The summed E-state index contributed by atoms with van der Waals surface area (Å²) in [7, 11) is 0. The number of halogens is 5. The number of ether oxygens (including phenoxy) is 4. The minimum absolute atomic E-state index is 0.00236. The van der Waals surface area contributed by atoms with Crippen LogP contribution in [0.15, 0.2) is 17.7 Å². The molecule has 32 heavy (non-hydrogen) atoms. The molecule has 1 heterocycles. The molecular formula is C17H14Cl2F3NO9. The Balaban J connectivity index is 2.11. The van der Waals surface area contributed by atoms with Crippen molar-refractivity contribution in [3.63, 3.8) is 0 Å². The van der Waals surface area contributed by atoms with Crippen molar-refractivity contribution >= 4 is 41.4 Å². The number of nitrogens with zero attached hydrogens (tertiary/aromatic N) is 1. The largest absolute Gasteiger partial charge is 0.511 e. The van der Waals surface area contributed by atoms with Gasteiger partial charge >= 0.3 is 18.3 Å². The first kappa shape index (κ1) is 25.3. The lowest BCUT2D eigenvalue weighted by atomic mass is 10.0. The van der Waals surface area contributed by atoms with Crippen molar-refractivity contribution in [2.75, 3.05) is 6.61 Å². The Kier molecular flexibility index (Phi) is 8.02. The zero-order valence-electron chi connectivity index (χ0n) is 16.2. The predicted octanol–water partition coefficient (Wildman–Crippen LogP) is 4.34. The van der Waals surface area contributed by atoms with Crippen LogP contribution in [0.4, 0.5) is 18.0 Å². The van der Waals surface area contributed by atoms with E-state index in [0.717, 1.165) is 13.0 Å². The van der Waals surface area contributed by atoms with E-state index in [0.29, 0.717) is 0 Å². The van der Waals surface area contributed by atoms with Crippen LogP contribution in [0.3, 0.4) is 0 Å². The second-order valence-electron chi connectivity index (χ2n) is 6.23. The molecule has 3 unspecified atom stereocenters. The zero-order valence-corrected chi connectivity index (χ0v) is 17.7. The fourth-order valence-corrected chi connectivity index (χ4v) is 2.97.